The number of benzene rings is 3. The molecule has 3 heteroatoms. The molecule has 114 valence electrons. The summed E-state index contributed by atoms with van der Waals surface area (Å²) in [6.45, 7) is 0. The zero-order valence-corrected chi connectivity index (χ0v) is 13.1. The van der Waals surface area contributed by atoms with E-state index in [4.69, 9.17) is 9.47 Å². The second-order valence-corrected chi connectivity index (χ2v) is 5.50. The van der Waals surface area contributed by atoms with E-state index in [9.17, 15) is 0 Å². The topological polar surface area (TPSA) is 34.2 Å². The minimum Gasteiger partial charge on any atom is -0.497 e. The highest BCUT2D eigenvalue weighted by molar-refractivity contribution is 6.10. The van der Waals surface area contributed by atoms with Crippen molar-refractivity contribution in [2.75, 3.05) is 14.2 Å². The van der Waals surface area contributed by atoms with Crippen LogP contribution in [0.1, 0.15) is 0 Å². The lowest BCUT2D eigenvalue weighted by Gasteiger charge is -2.08. The summed E-state index contributed by atoms with van der Waals surface area (Å²) < 4.78 is 10.9. The van der Waals surface area contributed by atoms with E-state index in [0.29, 0.717) is 0 Å². The molecule has 0 saturated carbocycles. The first-order valence-corrected chi connectivity index (χ1v) is 7.53. The molecule has 4 rings (SSSR count). The first kappa shape index (κ1) is 13.7. The smallest absolute Gasteiger partial charge is 0.127 e. The average molecular weight is 303 g/mol. The van der Waals surface area contributed by atoms with E-state index in [1.807, 2.05) is 30.3 Å². The van der Waals surface area contributed by atoms with Crippen LogP contribution < -0.4 is 9.47 Å². The number of hydrogen-bond donors (Lipinski definition) is 1. The van der Waals surface area contributed by atoms with Crippen LogP contribution in [-0.2, 0) is 0 Å². The fourth-order valence-corrected chi connectivity index (χ4v) is 3.04. The van der Waals surface area contributed by atoms with Gasteiger partial charge in [0, 0.05) is 21.9 Å². The van der Waals surface area contributed by atoms with Crippen molar-refractivity contribution in [3.63, 3.8) is 0 Å². The first-order valence-electron chi connectivity index (χ1n) is 7.53. The third-order valence-electron chi connectivity index (χ3n) is 4.20. The van der Waals surface area contributed by atoms with Crippen molar-refractivity contribution in [2.24, 2.45) is 0 Å². The van der Waals surface area contributed by atoms with Crippen molar-refractivity contribution < 1.29 is 9.47 Å². The maximum absolute atomic E-state index is 5.58. The van der Waals surface area contributed by atoms with Crippen LogP contribution in [0.4, 0.5) is 0 Å². The number of aromatic amines is 1. The molecule has 0 aliphatic heterocycles. The molecule has 0 radical (unpaired) electrons. The van der Waals surface area contributed by atoms with Gasteiger partial charge in [-0.3, -0.25) is 0 Å². The van der Waals surface area contributed by atoms with Gasteiger partial charge in [0.1, 0.15) is 11.5 Å². The van der Waals surface area contributed by atoms with Crippen LogP contribution in [0.25, 0.3) is 32.9 Å². The summed E-state index contributed by atoms with van der Waals surface area (Å²) in [4.78, 5) is 3.55. The molecule has 0 unspecified atom stereocenters. The standard InChI is InChI=1S/C20H17NO2/c1-22-15-8-9-16-17(12-15)19(23-2)11-14-10-18(21-20(14)16)13-6-4-3-5-7-13/h3-12,21H,1-2H3. The third-order valence-corrected chi connectivity index (χ3v) is 4.20. The first-order chi connectivity index (χ1) is 11.3. The number of rotatable bonds is 3. The predicted octanol–water partition coefficient (Wildman–Crippen LogP) is 5.01. The zero-order valence-electron chi connectivity index (χ0n) is 13.1. The van der Waals surface area contributed by atoms with Crippen molar-refractivity contribution in [3.8, 4) is 22.8 Å². The quantitative estimate of drug-likeness (QED) is 0.577. The molecule has 3 nitrogen and oxygen atoms in total. The monoisotopic (exact) mass is 303 g/mol. The molecule has 0 bridgehead atoms. The van der Waals surface area contributed by atoms with Crippen molar-refractivity contribution >= 4 is 21.7 Å². The van der Waals surface area contributed by atoms with Gasteiger partial charge in [-0.05, 0) is 35.9 Å². The Morgan fingerprint density at radius 2 is 1.61 bits per heavy atom. The molecule has 0 fully saturated rings. The lowest BCUT2D eigenvalue weighted by molar-refractivity contribution is 0.412. The number of fused-ring (bicyclic) bond motifs is 3. The highest BCUT2D eigenvalue weighted by Gasteiger charge is 2.11. The van der Waals surface area contributed by atoms with Gasteiger partial charge in [-0.1, -0.05) is 30.3 Å². The molecule has 1 heterocycles. The Morgan fingerprint density at radius 3 is 2.35 bits per heavy atom. The summed E-state index contributed by atoms with van der Waals surface area (Å²) >= 11 is 0. The zero-order chi connectivity index (χ0) is 15.8. The second kappa shape index (κ2) is 5.36. The van der Waals surface area contributed by atoms with Gasteiger partial charge < -0.3 is 14.5 Å². The fraction of sp³-hybridized carbons (Fsp3) is 0.100. The highest BCUT2D eigenvalue weighted by atomic mass is 16.5. The normalized spacial score (nSPS) is 11.0. The van der Waals surface area contributed by atoms with E-state index in [1.54, 1.807) is 14.2 Å². The molecule has 1 aromatic heterocycles. The van der Waals surface area contributed by atoms with Crippen molar-refractivity contribution in [2.45, 2.75) is 0 Å². The molecule has 1 N–H and O–H groups in total. The number of hydrogen-bond acceptors (Lipinski definition) is 2. The van der Waals surface area contributed by atoms with Crippen molar-refractivity contribution in [3.05, 3.63) is 60.7 Å². The minimum atomic E-state index is 0.824. The van der Waals surface area contributed by atoms with Crippen LogP contribution in [0.15, 0.2) is 60.7 Å². The summed E-state index contributed by atoms with van der Waals surface area (Å²) in [5.41, 5.74) is 3.39. The molecule has 3 aromatic carbocycles. The number of ether oxygens (including phenoxy) is 2. The van der Waals surface area contributed by atoms with Crippen LogP contribution in [0, 0.1) is 0 Å². The van der Waals surface area contributed by atoms with Gasteiger partial charge in [0.25, 0.3) is 0 Å². The minimum absolute atomic E-state index is 0.824. The largest absolute Gasteiger partial charge is 0.497 e. The Morgan fingerprint density at radius 1 is 0.783 bits per heavy atom. The Balaban J connectivity index is 2.02. The van der Waals surface area contributed by atoms with Crippen LogP contribution in [-0.4, -0.2) is 19.2 Å². The molecule has 0 saturated heterocycles. The maximum Gasteiger partial charge on any atom is 0.127 e. The second-order valence-electron chi connectivity index (χ2n) is 5.50. The lowest BCUT2D eigenvalue weighted by Crippen LogP contribution is -1.88. The van der Waals surface area contributed by atoms with E-state index < -0.39 is 0 Å². The number of H-pyrrole nitrogens is 1. The summed E-state index contributed by atoms with van der Waals surface area (Å²) in [6.07, 6.45) is 0. The average Bonchev–Trinajstić information content (AvgIpc) is 3.05. The van der Waals surface area contributed by atoms with E-state index in [0.717, 1.165) is 38.9 Å². The van der Waals surface area contributed by atoms with Crippen molar-refractivity contribution in [1.29, 1.82) is 0 Å². The highest BCUT2D eigenvalue weighted by Crippen LogP contribution is 2.37. The van der Waals surface area contributed by atoms with Crippen molar-refractivity contribution in [1.82, 2.24) is 4.98 Å². The molecule has 23 heavy (non-hydrogen) atoms. The van der Waals surface area contributed by atoms with Crippen LogP contribution in [0.2, 0.25) is 0 Å². The van der Waals surface area contributed by atoms with Crippen LogP contribution in [0.3, 0.4) is 0 Å². The maximum atomic E-state index is 5.58. The number of aromatic nitrogens is 1. The van der Waals surface area contributed by atoms with Gasteiger partial charge in [0.15, 0.2) is 0 Å². The molecular formula is C20H17NO2. The molecule has 0 aliphatic carbocycles. The molecule has 0 amide bonds. The van der Waals surface area contributed by atoms with E-state index in [1.165, 1.54) is 5.56 Å². The summed E-state index contributed by atoms with van der Waals surface area (Å²) in [5.74, 6) is 1.68. The van der Waals surface area contributed by atoms with E-state index >= 15 is 0 Å². The molecule has 0 aliphatic rings. The van der Waals surface area contributed by atoms with Gasteiger partial charge in [0.05, 0.1) is 19.7 Å². The van der Waals surface area contributed by atoms with Gasteiger partial charge in [0.2, 0.25) is 0 Å². The SMILES string of the molecule is COc1ccc2c(c1)c(OC)cc1cc(-c3ccccc3)[nH]c12. The molecule has 0 spiro atoms. The Kier molecular flexibility index (Phi) is 3.19. The Labute approximate surface area is 134 Å². The summed E-state index contributed by atoms with van der Waals surface area (Å²) in [7, 11) is 3.37. The lowest BCUT2D eigenvalue weighted by atomic mass is 10.1. The van der Waals surface area contributed by atoms with E-state index in [-0.39, 0.29) is 0 Å². The predicted molar refractivity (Wildman–Crippen MR) is 94.3 cm³/mol. The van der Waals surface area contributed by atoms with Crippen LogP contribution in [0.5, 0.6) is 11.5 Å². The van der Waals surface area contributed by atoms with Crippen LogP contribution >= 0.6 is 0 Å². The summed E-state index contributed by atoms with van der Waals surface area (Å²) in [5, 5.41) is 3.31. The van der Waals surface area contributed by atoms with Gasteiger partial charge in [-0.25, -0.2) is 0 Å². The van der Waals surface area contributed by atoms with Gasteiger partial charge >= 0.3 is 0 Å². The molecular weight excluding hydrogens is 286 g/mol. The van der Waals surface area contributed by atoms with E-state index in [2.05, 4.69) is 35.3 Å². The number of methoxy groups -OCH3 is 2. The Bertz CT molecular complexity index is 987. The van der Waals surface area contributed by atoms with Gasteiger partial charge in [-0.15, -0.1) is 0 Å². The van der Waals surface area contributed by atoms with Gasteiger partial charge in [-0.2, -0.15) is 0 Å². The third kappa shape index (κ3) is 2.21. The Hall–Kier alpha value is -2.94. The fourth-order valence-electron chi connectivity index (χ4n) is 3.04. The molecule has 4 aromatic rings. The summed E-state index contributed by atoms with van der Waals surface area (Å²) in [6, 6.07) is 20.6. The molecule has 0 atom stereocenters. The number of nitrogens with one attached hydrogen (secondary N) is 1.